The fourth-order valence-electron chi connectivity index (χ4n) is 2.62. The molecule has 0 spiro atoms. The van der Waals surface area contributed by atoms with Gasteiger partial charge in [-0.1, -0.05) is 17.7 Å². The fraction of sp³-hybridized carbons (Fsp3) is 0.562. The van der Waals surface area contributed by atoms with Crippen LogP contribution in [0.15, 0.2) is 24.3 Å². The lowest BCUT2D eigenvalue weighted by Crippen LogP contribution is -2.41. The van der Waals surface area contributed by atoms with Crippen molar-refractivity contribution < 1.29 is 9.53 Å². The molecule has 0 unspecified atom stereocenters. The summed E-state index contributed by atoms with van der Waals surface area (Å²) in [6, 6.07) is 7.45. The van der Waals surface area contributed by atoms with Crippen molar-refractivity contribution in [2.45, 2.75) is 12.8 Å². The van der Waals surface area contributed by atoms with Crippen LogP contribution in [0.4, 0.5) is 0 Å². The molecule has 1 aromatic carbocycles. The lowest BCUT2D eigenvalue weighted by Gasteiger charge is -2.32. The molecule has 1 saturated heterocycles. The molecule has 1 aromatic rings. The summed E-state index contributed by atoms with van der Waals surface area (Å²) < 4.78 is 5.70. The molecule has 4 nitrogen and oxygen atoms in total. The van der Waals surface area contributed by atoms with Crippen LogP contribution < -0.4 is 4.74 Å². The first-order chi connectivity index (χ1) is 10.1. The monoisotopic (exact) mass is 310 g/mol. The van der Waals surface area contributed by atoms with E-state index in [1.807, 2.05) is 38.4 Å². The Morgan fingerprint density at radius 2 is 2.10 bits per heavy atom. The Morgan fingerprint density at radius 3 is 2.71 bits per heavy atom. The van der Waals surface area contributed by atoms with E-state index in [0.29, 0.717) is 11.6 Å². The average molecular weight is 311 g/mol. The molecule has 0 radical (unpaired) electrons. The predicted molar refractivity (Wildman–Crippen MR) is 84.8 cm³/mol. The van der Waals surface area contributed by atoms with Gasteiger partial charge in [0.05, 0.1) is 0 Å². The number of ether oxygens (including phenoxy) is 1. The fourth-order valence-corrected chi connectivity index (χ4v) is 2.80. The Labute approximate surface area is 131 Å². The summed E-state index contributed by atoms with van der Waals surface area (Å²) in [6.07, 6.45) is 1.88. The van der Waals surface area contributed by atoms with E-state index in [4.69, 9.17) is 16.3 Å². The maximum absolute atomic E-state index is 11.9. The Morgan fingerprint density at radius 1 is 1.38 bits per heavy atom. The number of rotatable bonds is 5. The van der Waals surface area contributed by atoms with Gasteiger partial charge in [0.15, 0.2) is 0 Å². The summed E-state index contributed by atoms with van der Waals surface area (Å²) >= 11 is 5.92. The number of hydrogen-bond acceptors (Lipinski definition) is 3. The second-order valence-corrected chi connectivity index (χ2v) is 6.09. The molecule has 1 fully saturated rings. The Hall–Kier alpha value is -1.26. The molecule has 1 heterocycles. The molecule has 5 heteroatoms. The maximum atomic E-state index is 11.9. The van der Waals surface area contributed by atoms with Crippen LogP contribution in [0.25, 0.3) is 0 Å². The van der Waals surface area contributed by atoms with Crippen LogP contribution in [0.5, 0.6) is 5.75 Å². The highest BCUT2D eigenvalue weighted by molar-refractivity contribution is 6.30. The summed E-state index contributed by atoms with van der Waals surface area (Å²) in [5, 5.41) is 0.690. The number of carbonyl (C=O) groups excluding carboxylic acids is 1. The highest BCUT2D eigenvalue weighted by atomic mass is 35.5. The zero-order valence-corrected chi connectivity index (χ0v) is 13.5. The molecule has 21 heavy (non-hydrogen) atoms. The highest BCUT2D eigenvalue weighted by Gasteiger charge is 2.25. The van der Waals surface area contributed by atoms with Crippen molar-refractivity contribution in [3.05, 3.63) is 29.3 Å². The molecular weight excluding hydrogens is 288 g/mol. The third-order valence-corrected chi connectivity index (χ3v) is 4.09. The minimum atomic E-state index is 0.185. The number of benzene rings is 1. The molecule has 0 aromatic heterocycles. The van der Waals surface area contributed by atoms with Crippen LogP contribution in [0.2, 0.25) is 5.02 Å². The summed E-state index contributed by atoms with van der Waals surface area (Å²) in [6.45, 7) is 3.45. The summed E-state index contributed by atoms with van der Waals surface area (Å²) in [5.74, 6) is 1.25. The van der Waals surface area contributed by atoms with Crippen molar-refractivity contribution in [1.82, 2.24) is 9.80 Å². The third-order valence-electron chi connectivity index (χ3n) is 3.85. The molecule has 0 bridgehead atoms. The maximum Gasteiger partial charge on any atom is 0.225 e. The van der Waals surface area contributed by atoms with E-state index >= 15 is 0 Å². The zero-order chi connectivity index (χ0) is 15.2. The predicted octanol–water partition coefficient (Wildman–Crippen LogP) is 2.52. The number of piperidine rings is 1. The first-order valence-electron chi connectivity index (χ1n) is 7.38. The van der Waals surface area contributed by atoms with Crippen molar-refractivity contribution in [2.75, 3.05) is 40.3 Å². The first-order valence-corrected chi connectivity index (χ1v) is 7.76. The van der Waals surface area contributed by atoms with E-state index in [2.05, 4.69) is 4.90 Å². The Balaban J connectivity index is 1.68. The molecule has 1 aliphatic heterocycles. The zero-order valence-electron chi connectivity index (χ0n) is 12.7. The standard InChI is InChI=1S/C16H23ClN2O2/c1-18(2)16(20)13-6-8-19(9-7-13)10-11-21-15-5-3-4-14(17)12-15/h3-5,12-13H,6-11H2,1-2H3. The second-order valence-electron chi connectivity index (χ2n) is 5.65. The number of likely N-dealkylation sites (tertiary alicyclic amines) is 1. The van der Waals surface area contributed by atoms with Gasteiger partial charge in [0.2, 0.25) is 5.91 Å². The normalized spacial score (nSPS) is 16.7. The van der Waals surface area contributed by atoms with Gasteiger partial charge in [0.1, 0.15) is 12.4 Å². The van der Waals surface area contributed by atoms with Crippen molar-refractivity contribution in [1.29, 1.82) is 0 Å². The van der Waals surface area contributed by atoms with Gasteiger partial charge in [-0.2, -0.15) is 0 Å². The molecule has 2 rings (SSSR count). The Bertz CT molecular complexity index is 471. The van der Waals surface area contributed by atoms with Crippen molar-refractivity contribution in [2.24, 2.45) is 5.92 Å². The minimum Gasteiger partial charge on any atom is -0.492 e. The minimum absolute atomic E-state index is 0.185. The lowest BCUT2D eigenvalue weighted by atomic mass is 9.95. The molecule has 0 aliphatic carbocycles. The smallest absolute Gasteiger partial charge is 0.225 e. The summed E-state index contributed by atoms with van der Waals surface area (Å²) in [4.78, 5) is 16.0. The van der Waals surface area contributed by atoms with E-state index in [1.165, 1.54) is 0 Å². The number of amides is 1. The van der Waals surface area contributed by atoms with E-state index in [0.717, 1.165) is 38.2 Å². The second kappa shape index (κ2) is 7.66. The van der Waals surface area contributed by atoms with Gasteiger partial charge in [0, 0.05) is 31.6 Å². The van der Waals surface area contributed by atoms with E-state index in [-0.39, 0.29) is 11.8 Å². The molecule has 1 amide bonds. The van der Waals surface area contributed by atoms with Gasteiger partial charge in [-0.3, -0.25) is 9.69 Å². The lowest BCUT2D eigenvalue weighted by molar-refractivity contribution is -0.134. The average Bonchev–Trinajstić information content (AvgIpc) is 2.47. The van der Waals surface area contributed by atoms with Crippen molar-refractivity contribution in [3.63, 3.8) is 0 Å². The number of nitrogens with zero attached hydrogens (tertiary/aromatic N) is 2. The molecule has 116 valence electrons. The Kier molecular flexibility index (Phi) is 5.88. The van der Waals surface area contributed by atoms with E-state index in [1.54, 1.807) is 4.90 Å². The first kappa shape index (κ1) is 16.1. The molecule has 0 atom stereocenters. The van der Waals surface area contributed by atoms with Gasteiger partial charge in [-0.25, -0.2) is 0 Å². The van der Waals surface area contributed by atoms with Gasteiger partial charge in [-0.05, 0) is 44.1 Å². The number of carbonyl (C=O) groups is 1. The summed E-state index contributed by atoms with van der Waals surface area (Å²) in [7, 11) is 3.65. The van der Waals surface area contributed by atoms with E-state index < -0.39 is 0 Å². The highest BCUT2D eigenvalue weighted by Crippen LogP contribution is 2.19. The summed E-state index contributed by atoms with van der Waals surface area (Å²) in [5.41, 5.74) is 0. The van der Waals surface area contributed by atoms with Crippen LogP contribution in [0, 0.1) is 5.92 Å². The molecular formula is C16H23ClN2O2. The van der Waals surface area contributed by atoms with Gasteiger partial charge >= 0.3 is 0 Å². The van der Waals surface area contributed by atoms with Crippen LogP contribution in [0.3, 0.4) is 0 Å². The SMILES string of the molecule is CN(C)C(=O)C1CCN(CCOc2cccc(Cl)c2)CC1. The molecule has 0 N–H and O–H groups in total. The van der Waals surface area contributed by atoms with Crippen LogP contribution >= 0.6 is 11.6 Å². The van der Waals surface area contributed by atoms with Crippen LogP contribution in [0.1, 0.15) is 12.8 Å². The third kappa shape index (κ3) is 4.90. The van der Waals surface area contributed by atoms with Gasteiger partial charge in [0.25, 0.3) is 0 Å². The largest absolute Gasteiger partial charge is 0.492 e. The van der Waals surface area contributed by atoms with Gasteiger partial charge < -0.3 is 9.64 Å². The van der Waals surface area contributed by atoms with Crippen molar-refractivity contribution >= 4 is 17.5 Å². The number of hydrogen-bond donors (Lipinski definition) is 0. The number of halogens is 1. The van der Waals surface area contributed by atoms with Crippen LogP contribution in [-0.4, -0.2) is 56.0 Å². The van der Waals surface area contributed by atoms with Crippen LogP contribution in [-0.2, 0) is 4.79 Å². The van der Waals surface area contributed by atoms with Gasteiger partial charge in [-0.15, -0.1) is 0 Å². The molecule has 0 saturated carbocycles. The quantitative estimate of drug-likeness (QED) is 0.838. The molecule has 1 aliphatic rings. The topological polar surface area (TPSA) is 32.8 Å². The van der Waals surface area contributed by atoms with E-state index in [9.17, 15) is 4.79 Å². The van der Waals surface area contributed by atoms with Crippen molar-refractivity contribution in [3.8, 4) is 5.75 Å².